The second-order valence-electron chi connectivity index (χ2n) is 5.07. The Labute approximate surface area is 91.8 Å². The lowest BCUT2D eigenvalue weighted by molar-refractivity contribution is -0.141. The average Bonchev–Trinajstić information content (AvgIpc) is 2.28. The molecule has 1 aliphatic heterocycles. The SMILES string of the molecule is C=CC(C(=O)O)N1CCCC(C)(C)CC1. The molecule has 0 aromatic carbocycles. The Hall–Kier alpha value is -0.830. The highest BCUT2D eigenvalue weighted by Crippen LogP contribution is 2.30. The van der Waals surface area contributed by atoms with Crippen molar-refractivity contribution in [2.24, 2.45) is 5.41 Å². The Morgan fingerprint density at radius 1 is 1.47 bits per heavy atom. The van der Waals surface area contributed by atoms with E-state index in [2.05, 4.69) is 20.4 Å². The predicted molar refractivity (Wildman–Crippen MR) is 60.8 cm³/mol. The van der Waals surface area contributed by atoms with Gasteiger partial charge in [0.15, 0.2) is 0 Å². The molecule has 1 fully saturated rings. The van der Waals surface area contributed by atoms with Gasteiger partial charge < -0.3 is 5.11 Å². The largest absolute Gasteiger partial charge is 0.480 e. The molecule has 1 saturated heterocycles. The first kappa shape index (κ1) is 12.2. The van der Waals surface area contributed by atoms with Crippen molar-refractivity contribution in [3.63, 3.8) is 0 Å². The van der Waals surface area contributed by atoms with E-state index in [9.17, 15) is 4.79 Å². The summed E-state index contributed by atoms with van der Waals surface area (Å²) in [6.07, 6.45) is 4.84. The van der Waals surface area contributed by atoms with Crippen LogP contribution in [0.2, 0.25) is 0 Å². The topological polar surface area (TPSA) is 40.5 Å². The molecule has 0 aromatic heterocycles. The normalized spacial score (nSPS) is 24.1. The summed E-state index contributed by atoms with van der Waals surface area (Å²) in [5, 5.41) is 9.03. The molecule has 0 spiro atoms. The fourth-order valence-corrected chi connectivity index (χ4v) is 2.13. The Kier molecular flexibility index (Phi) is 3.91. The number of carboxylic acid groups (broad SMARTS) is 1. The van der Waals surface area contributed by atoms with Crippen LogP contribution in [-0.2, 0) is 4.79 Å². The quantitative estimate of drug-likeness (QED) is 0.727. The molecule has 3 nitrogen and oxygen atoms in total. The third-order valence-electron chi connectivity index (χ3n) is 3.24. The van der Waals surface area contributed by atoms with Gasteiger partial charge in [-0.3, -0.25) is 9.69 Å². The molecule has 1 N–H and O–H groups in total. The molecule has 3 heteroatoms. The second kappa shape index (κ2) is 4.79. The molecule has 1 rings (SSSR count). The van der Waals surface area contributed by atoms with E-state index in [4.69, 9.17) is 5.11 Å². The van der Waals surface area contributed by atoms with Crippen molar-refractivity contribution in [1.82, 2.24) is 4.90 Å². The molecule has 0 saturated carbocycles. The average molecular weight is 211 g/mol. The van der Waals surface area contributed by atoms with Gasteiger partial charge >= 0.3 is 5.97 Å². The van der Waals surface area contributed by atoms with Crippen LogP contribution in [0.25, 0.3) is 0 Å². The highest BCUT2D eigenvalue weighted by Gasteiger charge is 2.28. The van der Waals surface area contributed by atoms with Gasteiger partial charge in [0.1, 0.15) is 6.04 Å². The van der Waals surface area contributed by atoms with Crippen LogP contribution >= 0.6 is 0 Å². The number of carboxylic acids is 1. The summed E-state index contributed by atoms with van der Waals surface area (Å²) in [4.78, 5) is 13.0. The van der Waals surface area contributed by atoms with E-state index >= 15 is 0 Å². The maximum atomic E-state index is 11.0. The first-order valence-corrected chi connectivity index (χ1v) is 5.56. The Bertz CT molecular complexity index is 248. The zero-order valence-electron chi connectivity index (χ0n) is 9.70. The lowest BCUT2D eigenvalue weighted by Crippen LogP contribution is -2.40. The van der Waals surface area contributed by atoms with Crippen molar-refractivity contribution >= 4 is 5.97 Å². The molecule has 0 bridgehead atoms. The Morgan fingerprint density at radius 3 is 2.67 bits per heavy atom. The van der Waals surface area contributed by atoms with Crippen LogP contribution in [-0.4, -0.2) is 35.1 Å². The number of nitrogens with zero attached hydrogens (tertiary/aromatic N) is 1. The van der Waals surface area contributed by atoms with Crippen LogP contribution in [0, 0.1) is 5.41 Å². The summed E-state index contributed by atoms with van der Waals surface area (Å²) in [6.45, 7) is 9.83. The lowest BCUT2D eigenvalue weighted by Gasteiger charge is -2.26. The van der Waals surface area contributed by atoms with Gasteiger partial charge in [-0.15, -0.1) is 6.58 Å². The van der Waals surface area contributed by atoms with Crippen molar-refractivity contribution in [1.29, 1.82) is 0 Å². The molecule has 0 aliphatic carbocycles. The van der Waals surface area contributed by atoms with E-state index in [0.717, 1.165) is 25.9 Å². The summed E-state index contributed by atoms with van der Waals surface area (Å²) in [7, 11) is 0. The number of aliphatic carboxylic acids is 1. The molecule has 15 heavy (non-hydrogen) atoms. The summed E-state index contributed by atoms with van der Waals surface area (Å²) >= 11 is 0. The van der Waals surface area contributed by atoms with Crippen molar-refractivity contribution in [2.75, 3.05) is 13.1 Å². The van der Waals surface area contributed by atoms with Crippen LogP contribution in [0.4, 0.5) is 0 Å². The van der Waals surface area contributed by atoms with E-state index in [-0.39, 0.29) is 0 Å². The van der Waals surface area contributed by atoms with Crippen molar-refractivity contribution in [3.8, 4) is 0 Å². The fourth-order valence-electron chi connectivity index (χ4n) is 2.13. The predicted octanol–water partition coefficient (Wildman–Crippen LogP) is 2.14. The minimum atomic E-state index is -0.787. The molecule has 0 amide bonds. The molecule has 0 radical (unpaired) electrons. The molecule has 86 valence electrons. The first-order valence-electron chi connectivity index (χ1n) is 5.56. The summed E-state index contributed by atoms with van der Waals surface area (Å²) in [5.41, 5.74) is 0.346. The van der Waals surface area contributed by atoms with E-state index in [1.54, 1.807) is 0 Å². The highest BCUT2D eigenvalue weighted by molar-refractivity contribution is 5.75. The highest BCUT2D eigenvalue weighted by atomic mass is 16.4. The van der Waals surface area contributed by atoms with Crippen LogP contribution < -0.4 is 0 Å². The summed E-state index contributed by atoms with van der Waals surface area (Å²) in [5.74, 6) is -0.787. The molecular weight excluding hydrogens is 190 g/mol. The van der Waals surface area contributed by atoms with Gasteiger partial charge in [-0.25, -0.2) is 0 Å². The third kappa shape index (κ3) is 3.34. The van der Waals surface area contributed by atoms with Crippen molar-refractivity contribution in [3.05, 3.63) is 12.7 Å². The Morgan fingerprint density at radius 2 is 2.13 bits per heavy atom. The smallest absolute Gasteiger partial charge is 0.324 e. The molecule has 1 atom stereocenters. The first-order chi connectivity index (χ1) is 6.96. The van der Waals surface area contributed by atoms with Crippen LogP contribution in [0.5, 0.6) is 0 Å². The molecular formula is C12H21NO2. The zero-order chi connectivity index (χ0) is 11.5. The van der Waals surface area contributed by atoms with Crippen LogP contribution in [0.1, 0.15) is 33.1 Å². The van der Waals surface area contributed by atoms with Gasteiger partial charge in [0.05, 0.1) is 0 Å². The van der Waals surface area contributed by atoms with E-state index in [1.807, 2.05) is 4.90 Å². The summed E-state index contributed by atoms with van der Waals surface area (Å²) < 4.78 is 0. The Balaban J connectivity index is 2.64. The fraction of sp³-hybridized carbons (Fsp3) is 0.750. The zero-order valence-corrected chi connectivity index (χ0v) is 9.70. The monoisotopic (exact) mass is 211 g/mol. The van der Waals surface area contributed by atoms with Gasteiger partial charge in [0, 0.05) is 0 Å². The number of rotatable bonds is 3. The minimum absolute atomic E-state index is 0.346. The standard InChI is InChI=1S/C12H21NO2/c1-4-10(11(14)15)13-8-5-6-12(2,3)7-9-13/h4,10H,1,5-9H2,2-3H3,(H,14,15). The minimum Gasteiger partial charge on any atom is -0.480 e. The van der Waals surface area contributed by atoms with E-state index in [0.29, 0.717) is 5.41 Å². The molecule has 0 aromatic rings. The van der Waals surface area contributed by atoms with Gasteiger partial charge in [-0.1, -0.05) is 19.9 Å². The number of carbonyl (C=O) groups is 1. The third-order valence-corrected chi connectivity index (χ3v) is 3.24. The molecule has 1 aliphatic rings. The lowest BCUT2D eigenvalue weighted by atomic mass is 9.85. The van der Waals surface area contributed by atoms with Gasteiger partial charge in [0.2, 0.25) is 0 Å². The van der Waals surface area contributed by atoms with Crippen LogP contribution in [0.3, 0.4) is 0 Å². The van der Waals surface area contributed by atoms with Gasteiger partial charge in [-0.05, 0) is 37.8 Å². The van der Waals surface area contributed by atoms with Gasteiger partial charge in [0.25, 0.3) is 0 Å². The second-order valence-corrected chi connectivity index (χ2v) is 5.07. The van der Waals surface area contributed by atoms with E-state index in [1.165, 1.54) is 12.5 Å². The van der Waals surface area contributed by atoms with E-state index < -0.39 is 12.0 Å². The molecule has 1 unspecified atom stereocenters. The number of hydrogen-bond acceptors (Lipinski definition) is 2. The van der Waals surface area contributed by atoms with Crippen LogP contribution in [0.15, 0.2) is 12.7 Å². The maximum Gasteiger partial charge on any atom is 0.324 e. The number of hydrogen-bond donors (Lipinski definition) is 1. The maximum absolute atomic E-state index is 11.0. The van der Waals surface area contributed by atoms with Gasteiger partial charge in [-0.2, -0.15) is 0 Å². The van der Waals surface area contributed by atoms with Crippen molar-refractivity contribution in [2.45, 2.75) is 39.2 Å². The molecule has 1 heterocycles. The van der Waals surface area contributed by atoms with Crippen molar-refractivity contribution < 1.29 is 9.90 Å². The number of likely N-dealkylation sites (tertiary alicyclic amines) is 1. The summed E-state index contributed by atoms with van der Waals surface area (Å²) in [6, 6.07) is -0.515.